The first-order valence-electron chi connectivity index (χ1n) is 5.56. The summed E-state index contributed by atoms with van der Waals surface area (Å²) in [5.41, 5.74) is 1.22. The molecule has 0 aliphatic rings. The molecule has 0 radical (unpaired) electrons. The van der Waals surface area contributed by atoms with E-state index in [1.165, 1.54) is 5.56 Å². The molecule has 0 heterocycles. The van der Waals surface area contributed by atoms with Crippen molar-refractivity contribution in [3.05, 3.63) is 48.6 Å². The smallest absolute Gasteiger partial charge is 0.0783 e. The average molecular weight is 204 g/mol. The van der Waals surface area contributed by atoms with Gasteiger partial charge >= 0.3 is 0 Å². The normalized spacial score (nSPS) is 14.5. The van der Waals surface area contributed by atoms with Crippen LogP contribution in [0.25, 0.3) is 0 Å². The molecule has 82 valence electrons. The Morgan fingerprint density at radius 2 is 2.00 bits per heavy atom. The molecule has 0 N–H and O–H groups in total. The van der Waals surface area contributed by atoms with Crippen LogP contribution >= 0.6 is 0 Å². The summed E-state index contributed by atoms with van der Waals surface area (Å²) >= 11 is 0. The first-order chi connectivity index (χ1) is 7.27. The van der Waals surface area contributed by atoms with E-state index in [1.54, 1.807) is 0 Å². The van der Waals surface area contributed by atoms with Gasteiger partial charge in [0.15, 0.2) is 0 Å². The van der Waals surface area contributed by atoms with E-state index in [0.717, 1.165) is 6.42 Å². The molecule has 1 nitrogen and oxygen atoms in total. The Morgan fingerprint density at radius 3 is 2.53 bits per heavy atom. The van der Waals surface area contributed by atoms with Crippen molar-refractivity contribution in [2.45, 2.75) is 33.0 Å². The van der Waals surface area contributed by atoms with Gasteiger partial charge in [-0.2, -0.15) is 0 Å². The molecule has 2 unspecified atom stereocenters. The lowest BCUT2D eigenvalue weighted by Gasteiger charge is -2.19. The zero-order valence-corrected chi connectivity index (χ0v) is 9.65. The van der Waals surface area contributed by atoms with E-state index in [-0.39, 0.29) is 6.10 Å². The number of hydrogen-bond acceptors (Lipinski definition) is 1. The van der Waals surface area contributed by atoms with Crippen molar-refractivity contribution in [3.8, 4) is 0 Å². The van der Waals surface area contributed by atoms with Crippen molar-refractivity contribution in [2.24, 2.45) is 5.92 Å². The molecule has 1 heteroatoms. The fourth-order valence-corrected chi connectivity index (χ4v) is 1.46. The average Bonchev–Trinajstić information content (AvgIpc) is 2.31. The standard InChI is InChI=1S/C14H20O/c1-4-12(3)14(5-2)15-11-13-9-7-6-8-10-13/h5-10,12,14H,2,4,11H2,1,3H3. The van der Waals surface area contributed by atoms with Crippen molar-refractivity contribution in [2.75, 3.05) is 0 Å². The van der Waals surface area contributed by atoms with E-state index < -0.39 is 0 Å². The van der Waals surface area contributed by atoms with Crippen molar-refractivity contribution in [1.82, 2.24) is 0 Å². The molecule has 2 atom stereocenters. The summed E-state index contributed by atoms with van der Waals surface area (Å²) in [5, 5.41) is 0. The fraction of sp³-hybridized carbons (Fsp3) is 0.429. The predicted molar refractivity (Wildman–Crippen MR) is 64.7 cm³/mol. The van der Waals surface area contributed by atoms with Crippen LogP contribution in [-0.2, 0) is 11.3 Å². The van der Waals surface area contributed by atoms with Crippen molar-refractivity contribution >= 4 is 0 Å². The molecule has 0 bridgehead atoms. The van der Waals surface area contributed by atoms with Gasteiger partial charge in [0.25, 0.3) is 0 Å². The quantitative estimate of drug-likeness (QED) is 0.640. The Kier molecular flexibility index (Phi) is 5.13. The largest absolute Gasteiger partial charge is 0.369 e. The Labute approximate surface area is 92.8 Å². The van der Waals surface area contributed by atoms with Gasteiger partial charge in [0.1, 0.15) is 0 Å². The second-order valence-corrected chi connectivity index (χ2v) is 3.88. The summed E-state index contributed by atoms with van der Waals surface area (Å²) in [6, 6.07) is 10.2. The van der Waals surface area contributed by atoms with Crippen molar-refractivity contribution < 1.29 is 4.74 Å². The molecule has 0 saturated heterocycles. The van der Waals surface area contributed by atoms with Crippen LogP contribution in [0, 0.1) is 5.92 Å². The predicted octanol–water partition coefficient (Wildman–Crippen LogP) is 3.80. The van der Waals surface area contributed by atoms with Crippen molar-refractivity contribution in [3.63, 3.8) is 0 Å². The summed E-state index contributed by atoms with van der Waals surface area (Å²) in [4.78, 5) is 0. The van der Waals surface area contributed by atoms with E-state index >= 15 is 0 Å². The molecule has 0 aliphatic heterocycles. The minimum Gasteiger partial charge on any atom is -0.369 e. The van der Waals surface area contributed by atoms with Gasteiger partial charge < -0.3 is 4.74 Å². The lowest BCUT2D eigenvalue weighted by molar-refractivity contribution is 0.0370. The van der Waals surface area contributed by atoms with Crippen LogP contribution in [0.4, 0.5) is 0 Å². The van der Waals surface area contributed by atoms with Crippen LogP contribution in [0.3, 0.4) is 0 Å². The van der Waals surface area contributed by atoms with Gasteiger partial charge in [0.2, 0.25) is 0 Å². The topological polar surface area (TPSA) is 9.23 Å². The zero-order valence-electron chi connectivity index (χ0n) is 9.65. The molecule has 1 rings (SSSR count). The van der Waals surface area contributed by atoms with Crippen molar-refractivity contribution in [1.29, 1.82) is 0 Å². The highest BCUT2D eigenvalue weighted by Crippen LogP contribution is 2.14. The minimum atomic E-state index is 0.162. The lowest BCUT2D eigenvalue weighted by Crippen LogP contribution is -2.18. The fourth-order valence-electron chi connectivity index (χ4n) is 1.46. The van der Waals surface area contributed by atoms with E-state index in [9.17, 15) is 0 Å². The number of rotatable bonds is 6. The Bertz CT molecular complexity index is 279. The third kappa shape index (κ3) is 3.88. The monoisotopic (exact) mass is 204 g/mol. The highest BCUT2D eigenvalue weighted by Gasteiger charge is 2.12. The van der Waals surface area contributed by atoms with Crippen LogP contribution in [0.15, 0.2) is 43.0 Å². The second kappa shape index (κ2) is 6.41. The highest BCUT2D eigenvalue weighted by atomic mass is 16.5. The zero-order chi connectivity index (χ0) is 11.1. The first kappa shape index (κ1) is 12.0. The van der Waals surface area contributed by atoms with Gasteiger partial charge in [-0.3, -0.25) is 0 Å². The molecular weight excluding hydrogens is 184 g/mol. The third-order valence-corrected chi connectivity index (χ3v) is 2.72. The maximum Gasteiger partial charge on any atom is 0.0783 e. The van der Waals surface area contributed by atoms with E-state index in [0.29, 0.717) is 12.5 Å². The Balaban J connectivity index is 2.44. The Morgan fingerprint density at radius 1 is 1.33 bits per heavy atom. The second-order valence-electron chi connectivity index (χ2n) is 3.88. The number of benzene rings is 1. The van der Waals surface area contributed by atoms with E-state index in [1.807, 2.05) is 24.3 Å². The maximum atomic E-state index is 5.81. The summed E-state index contributed by atoms with van der Waals surface area (Å²) < 4.78 is 5.81. The third-order valence-electron chi connectivity index (χ3n) is 2.72. The van der Waals surface area contributed by atoms with Crippen LogP contribution < -0.4 is 0 Å². The SMILES string of the molecule is C=CC(OCc1ccccc1)C(C)CC. The molecule has 0 aromatic heterocycles. The molecule has 1 aromatic carbocycles. The summed E-state index contributed by atoms with van der Waals surface area (Å²) in [6.45, 7) is 8.85. The van der Waals surface area contributed by atoms with Crippen LogP contribution in [0.2, 0.25) is 0 Å². The van der Waals surface area contributed by atoms with Crippen LogP contribution in [0.5, 0.6) is 0 Å². The van der Waals surface area contributed by atoms with Gasteiger partial charge in [-0.15, -0.1) is 6.58 Å². The molecule has 0 spiro atoms. The van der Waals surface area contributed by atoms with Crippen LogP contribution in [-0.4, -0.2) is 6.10 Å². The molecule has 1 aromatic rings. The van der Waals surface area contributed by atoms with Gasteiger partial charge in [0.05, 0.1) is 12.7 Å². The summed E-state index contributed by atoms with van der Waals surface area (Å²) in [6.07, 6.45) is 3.18. The van der Waals surface area contributed by atoms with Gasteiger partial charge in [-0.05, 0) is 11.5 Å². The first-order valence-corrected chi connectivity index (χ1v) is 5.56. The summed E-state index contributed by atoms with van der Waals surface area (Å²) in [7, 11) is 0. The lowest BCUT2D eigenvalue weighted by atomic mass is 10.0. The van der Waals surface area contributed by atoms with Gasteiger partial charge in [0, 0.05) is 0 Å². The van der Waals surface area contributed by atoms with Gasteiger partial charge in [-0.1, -0.05) is 56.7 Å². The molecule has 0 saturated carbocycles. The highest BCUT2D eigenvalue weighted by molar-refractivity contribution is 5.13. The van der Waals surface area contributed by atoms with E-state index in [2.05, 4.69) is 32.6 Å². The molecule has 0 aliphatic carbocycles. The molecule has 0 amide bonds. The van der Waals surface area contributed by atoms with Crippen LogP contribution in [0.1, 0.15) is 25.8 Å². The van der Waals surface area contributed by atoms with Gasteiger partial charge in [-0.25, -0.2) is 0 Å². The van der Waals surface area contributed by atoms with E-state index in [4.69, 9.17) is 4.74 Å². The number of hydrogen-bond donors (Lipinski definition) is 0. The molecule has 0 fully saturated rings. The summed E-state index contributed by atoms with van der Waals surface area (Å²) in [5.74, 6) is 0.534. The molecular formula is C14H20O. The Hall–Kier alpha value is -1.08. The number of ether oxygens (including phenoxy) is 1. The molecule has 15 heavy (non-hydrogen) atoms. The maximum absolute atomic E-state index is 5.81. The minimum absolute atomic E-state index is 0.162.